The van der Waals surface area contributed by atoms with Crippen LogP contribution in [0.15, 0.2) is 12.3 Å². The molecule has 0 bridgehead atoms. The largest absolute Gasteiger partial charge is 1.00 e. The summed E-state index contributed by atoms with van der Waals surface area (Å²) in [6.45, 7) is 0. The normalized spacial score (nSPS) is 8.78. The molecule has 0 amide bonds. The predicted octanol–water partition coefficient (Wildman–Crippen LogP) is -2.54. The third kappa shape index (κ3) is 2.06. The van der Waals surface area contributed by atoms with Crippen LogP contribution in [0.1, 0.15) is 0 Å². The van der Waals surface area contributed by atoms with E-state index in [4.69, 9.17) is 0 Å². The van der Waals surface area contributed by atoms with Crippen LogP contribution in [-0.4, -0.2) is 4.68 Å². The summed E-state index contributed by atoms with van der Waals surface area (Å²) in [5.74, 6) is 0. The van der Waals surface area contributed by atoms with Gasteiger partial charge in [0.25, 0.3) is 0 Å². The van der Waals surface area contributed by atoms with E-state index in [1.54, 1.807) is 0 Å². The minimum atomic E-state index is 0. The van der Waals surface area contributed by atoms with Gasteiger partial charge in [-0.3, -0.25) is 0 Å². The quantitative estimate of drug-likeness (QED) is 0.360. The van der Waals surface area contributed by atoms with Crippen molar-refractivity contribution in [3.63, 3.8) is 0 Å². The molecule has 1 aromatic heterocycles. The van der Waals surface area contributed by atoms with Gasteiger partial charge >= 0.3 is 0 Å². The number of rotatable bonds is 0. The molecule has 0 fully saturated rings. The summed E-state index contributed by atoms with van der Waals surface area (Å²) in [6, 6.07) is 2.07. The van der Waals surface area contributed by atoms with E-state index in [9.17, 15) is 0 Å². The third-order valence-corrected chi connectivity index (χ3v) is 2.27. The lowest BCUT2D eigenvalue weighted by molar-refractivity contribution is -0.752. The Balaban J connectivity index is 0.000000640. The molecule has 1 aromatic rings. The van der Waals surface area contributed by atoms with Crippen LogP contribution in [0, 0.1) is 3.70 Å². The molecule has 0 aliphatic rings. The highest BCUT2D eigenvalue weighted by Crippen LogP contribution is 1.96. The topological polar surface area (TPSA) is 8.81 Å². The second-order valence-corrected chi connectivity index (χ2v) is 2.84. The highest BCUT2D eigenvalue weighted by Gasteiger charge is 2.00. The molecule has 0 unspecified atom stereocenters. The monoisotopic (exact) mass is 350 g/mol. The molecule has 4 heteroatoms. The minimum absolute atomic E-state index is 0. The van der Waals surface area contributed by atoms with E-state index in [0.717, 1.165) is 0 Å². The molecule has 1 rings (SSSR count). The van der Waals surface area contributed by atoms with Gasteiger partial charge in [-0.2, -0.15) is 4.68 Å². The van der Waals surface area contributed by atoms with Gasteiger partial charge < -0.3 is 24.0 Å². The number of halogens is 2. The fourth-order valence-corrected chi connectivity index (χ4v) is 1.03. The molecule has 0 spiro atoms. The number of hydrogen-bond donors (Lipinski definition) is 0. The molecular formula is C5H8I2N2. The third-order valence-electron chi connectivity index (χ3n) is 1.21. The van der Waals surface area contributed by atoms with Crippen LogP contribution in [-0.2, 0) is 14.1 Å². The maximum absolute atomic E-state index is 2.29. The van der Waals surface area contributed by atoms with Crippen LogP contribution in [0.4, 0.5) is 0 Å². The summed E-state index contributed by atoms with van der Waals surface area (Å²) in [5, 5.41) is 0. The summed E-state index contributed by atoms with van der Waals surface area (Å²) in [6.07, 6.45) is 2.03. The van der Waals surface area contributed by atoms with Crippen molar-refractivity contribution < 1.29 is 28.7 Å². The maximum Gasteiger partial charge on any atom is 0.196 e. The van der Waals surface area contributed by atoms with E-state index >= 15 is 0 Å². The number of nitrogens with zero attached hydrogens (tertiary/aromatic N) is 2. The van der Waals surface area contributed by atoms with Crippen LogP contribution in [0.5, 0.6) is 0 Å². The van der Waals surface area contributed by atoms with Gasteiger partial charge in [0.05, 0.1) is 7.05 Å². The van der Waals surface area contributed by atoms with Crippen molar-refractivity contribution in [3.05, 3.63) is 16.0 Å². The van der Waals surface area contributed by atoms with Gasteiger partial charge in [0.2, 0.25) is 0 Å². The number of aryl methyl sites for hydroxylation is 1. The summed E-state index contributed by atoms with van der Waals surface area (Å²) >= 11 is 2.29. The number of hydrogen-bond acceptors (Lipinski definition) is 0. The van der Waals surface area contributed by atoms with Crippen LogP contribution < -0.4 is 28.7 Å². The maximum atomic E-state index is 2.29. The van der Waals surface area contributed by atoms with Gasteiger partial charge in [-0.1, -0.05) is 0 Å². The lowest BCUT2D eigenvalue weighted by atomic mass is 10.7. The van der Waals surface area contributed by atoms with E-state index in [2.05, 4.69) is 33.3 Å². The lowest BCUT2D eigenvalue weighted by Gasteiger charge is -1.87. The van der Waals surface area contributed by atoms with Crippen molar-refractivity contribution >= 4 is 22.6 Å². The van der Waals surface area contributed by atoms with E-state index in [0.29, 0.717) is 0 Å². The van der Waals surface area contributed by atoms with E-state index in [-0.39, 0.29) is 24.0 Å². The average molecular weight is 350 g/mol. The Hall–Kier alpha value is 0.670. The molecule has 0 aromatic carbocycles. The van der Waals surface area contributed by atoms with E-state index in [1.165, 1.54) is 3.70 Å². The molecule has 0 aliphatic heterocycles. The Kier molecular flexibility index (Phi) is 4.02. The smallest absolute Gasteiger partial charge is 0.196 e. The molecule has 2 nitrogen and oxygen atoms in total. The molecule has 0 N–H and O–H groups in total. The first-order valence-electron chi connectivity index (χ1n) is 2.39. The summed E-state index contributed by atoms with van der Waals surface area (Å²) in [5.41, 5.74) is 0. The number of aromatic nitrogens is 2. The SMILES string of the molecule is Cn1c(I)cc[n+]1C.[I-]. The average Bonchev–Trinajstić information content (AvgIpc) is 1.98. The Morgan fingerprint density at radius 2 is 2.22 bits per heavy atom. The van der Waals surface area contributed by atoms with Gasteiger partial charge in [0.15, 0.2) is 13.2 Å². The Morgan fingerprint density at radius 1 is 1.67 bits per heavy atom. The van der Waals surface area contributed by atoms with Crippen molar-refractivity contribution in [3.8, 4) is 0 Å². The zero-order valence-corrected chi connectivity index (χ0v) is 9.62. The molecule has 0 saturated heterocycles. The van der Waals surface area contributed by atoms with Gasteiger partial charge in [0.1, 0.15) is 3.70 Å². The minimum Gasteiger partial charge on any atom is -1.00 e. The summed E-state index contributed by atoms with van der Waals surface area (Å²) in [4.78, 5) is 0. The fourth-order valence-electron chi connectivity index (χ4n) is 0.528. The van der Waals surface area contributed by atoms with Crippen molar-refractivity contribution in [2.45, 2.75) is 0 Å². The summed E-state index contributed by atoms with van der Waals surface area (Å²) < 4.78 is 5.35. The second kappa shape index (κ2) is 3.75. The molecule has 52 valence electrons. The Labute approximate surface area is 85.4 Å². The fraction of sp³-hybridized carbons (Fsp3) is 0.400. The van der Waals surface area contributed by atoms with Crippen LogP contribution in [0.25, 0.3) is 0 Å². The van der Waals surface area contributed by atoms with E-state index in [1.807, 2.05) is 25.0 Å². The molecule has 0 aliphatic carbocycles. The zero-order chi connectivity index (χ0) is 6.15. The van der Waals surface area contributed by atoms with Gasteiger partial charge in [-0.15, -0.1) is 4.68 Å². The van der Waals surface area contributed by atoms with Crippen LogP contribution >= 0.6 is 22.6 Å². The van der Waals surface area contributed by atoms with E-state index < -0.39 is 0 Å². The van der Waals surface area contributed by atoms with Crippen molar-refractivity contribution in [2.24, 2.45) is 14.1 Å². The first-order valence-corrected chi connectivity index (χ1v) is 3.47. The van der Waals surface area contributed by atoms with Gasteiger partial charge in [0, 0.05) is 6.07 Å². The molecule has 0 atom stereocenters. The predicted molar refractivity (Wildman–Crippen MR) is 39.3 cm³/mol. The molecule has 0 radical (unpaired) electrons. The first-order chi connectivity index (χ1) is 3.72. The zero-order valence-electron chi connectivity index (χ0n) is 5.31. The molecule has 0 saturated carbocycles. The van der Waals surface area contributed by atoms with Crippen molar-refractivity contribution in [1.82, 2.24) is 4.68 Å². The molecule has 9 heavy (non-hydrogen) atoms. The highest BCUT2D eigenvalue weighted by molar-refractivity contribution is 14.1. The Bertz CT molecular complexity index is 175. The van der Waals surface area contributed by atoms with Crippen LogP contribution in [0.3, 0.4) is 0 Å². The van der Waals surface area contributed by atoms with Crippen LogP contribution in [0.2, 0.25) is 0 Å². The second-order valence-electron chi connectivity index (χ2n) is 1.74. The molecule has 1 heterocycles. The molecular weight excluding hydrogens is 342 g/mol. The summed E-state index contributed by atoms with van der Waals surface area (Å²) in [7, 11) is 4.05. The van der Waals surface area contributed by atoms with Gasteiger partial charge in [-0.25, -0.2) is 0 Å². The standard InChI is InChI=1S/C5H8IN2.HI/c1-7-4-3-5(6)8(7)2;/h3-4H,1-2H3;1H/q+1;/p-1. The first kappa shape index (κ1) is 9.67. The Morgan fingerprint density at radius 3 is 2.33 bits per heavy atom. The lowest BCUT2D eigenvalue weighted by Crippen LogP contribution is -3.00. The highest BCUT2D eigenvalue weighted by atomic mass is 127. The van der Waals surface area contributed by atoms with Crippen molar-refractivity contribution in [1.29, 1.82) is 0 Å². The van der Waals surface area contributed by atoms with Crippen molar-refractivity contribution in [2.75, 3.05) is 0 Å². The van der Waals surface area contributed by atoms with Gasteiger partial charge in [-0.05, 0) is 22.6 Å².